The highest BCUT2D eigenvalue weighted by Gasteiger charge is 2.27. The van der Waals surface area contributed by atoms with Crippen molar-refractivity contribution in [1.29, 1.82) is 0 Å². The van der Waals surface area contributed by atoms with E-state index in [1.807, 2.05) is 0 Å². The molecule has 0 bridgehead atoms. The highest BCUT2D eigenvalue weighted by Crippen LogP contribution is 2.30. The first kappa shape index (κ1) is 11.4. The third-order valence-corrected chi connectivity index (χ3v) is 2.05. The molecule has 0 radical (unpaired) electrons. The summed E-state index contributed by atoms with van der Waals surface area (Å²) < 4.78 is 34.5. The van der Waals surface area contributed by atoms with E-state index in [2.05, 4.69) is 0 Å². The first-order valence-corrected chi connectivity index (χ1v) is 4.69. The van der Waals surface area contributed by atoms with E-state index in [-0.39, 0.29) is 22.9 Å². The third kappa shape index (κ3) is 10.4. The molecule has 0 aliphatic rings. The first-order valence-electron chi connectivity index (χ1n) is 3.26. The lowest BCUT2D eigenvalue weighted by molar-refractivity contribution is -0.0328. The molecule has 1 unspecified atom stereocenters. The fraction of sp³-hybridized carbons (Fsp3) is 1.00. The zero-order valence-corrected chi connectivity index (χ0v) is 7.69. The van der Waals surface area contributed by atoms with E-state index in [0.717, 1.165) is 0 Å². The molecule has 0 heterocycles. The maximum absolute atomic E-state index is 11.5. The van der Waals surface area contributed by atoms with Gasteiger partial charge < -0.3 is 0 Å². The van der Waals surface area contributed by atoms with Crippen LogP contribution in [0.5, 0.6) is 0 Å². The van der Waals surface area contributed by atoms with E-state index in [4.69, 9.17) is 11.6 Å². The van der Waals surface area contributed by atoms with Crippen molar-refractivity contribution in [2.45, 2.75) is 30.7 Å². The fourth-order valence-electron chi connectivity index (χ4n) is 0.553. The largest absolute Gasteiger partial charge is 0.441 e. The minimum atomic E-state index is -4.09. The van der Waals surface area contributed by atoms with Gasteiger partial charge in [-0.15, -0.1) is 11.6 Å². The average molecular weight is 207 g/mol. The van der Waals surface area contributed by atoms with Crippen molar-refractivity contribution in [3.05, 3.63) is 0 Å². The smallest absolute Gasteiger partial charge is 0.160 e. The molecule has 0 nitrogen and oxygen atoms in total. The summed E-state index contributed by atoms with van der Waals surface area (Å²) in [5.41, 5.74) is -4.09. The van der Waals surface area contributed by atoms with Gasteiger partial charge in [0, 0.05) is 11.1 Å². The lowest BCUT2D eigenvalue weighted by Gasteiger charge is -2.05. The Hall–Kier alpha value is 0.430. The van der Waals surface area contributed by atoms with Crippen LogP contribution in [0.2, 0.25) is 0 Å². The number of rotatable bonds is 4. The summed E-state index contributed by atoms with van der Waals surface area (Å²) in [4.78, 5) is 0. The maximum atomic E-state index is 11.5. The number of halogens is 4. The summed E-state index contributed by atoms with van der Waals surface area (Å²) in [5.74, 6) is 0.112. The van der Waals surface area contributed by atoms with Crippen LogP contribution < -0.4 is 0 Å². The highest BCUT2D eigenvalue weighted by atomic mass is 35.5. The molecule has 11 heavy (non-hydrogen) atoms. The second-order valence-corrected chi connectivity index (χ2v) is 4.12. The summed E-state index contributed by atoms with van der Waals surface area (Å²) in [5, 5.41) is -0.0242. The van der Waals surface area contributed by atoms with E-state index in [0.29, 0.717) is 12.8 Å². The molecule has 0 rings (SSSR count). The van der Waals surface area contributed by atoms with E-state index >= 15 is 0 Å². The zero-order valence-electron chi connectivity index (χ0n) is 6.12. The van der Waals surface area contributed by atoms with Gasteiger partial charge >= 0.3 is 5.51 Å². The predicted octanol–water partition coefficient (Wildman–Crippen LogP) is 3.65. The van der Waals surface area contributed by atoms with Crippen LogP contribution in [0.15, 0.2) is 0 Å². The summed E-state index contributed by atoms with van der Waals surface area (Å²) in [6.45, 7) is 1.78. The number of thioether (sulfide) groups is 1. The van der Waals surface area contributed by atoms with Gasteiger partial charge in [0.05, 0.1) is 0 Å². The molecule has 1 atom stereocenters. The molecule has 0 aromatic carbocycles. The lowest BCUT2D eigenvalue weighted by Crippen LogP contribution is -2.02. The minimum absolute atomic E-state index is 0.0169. The summed E-state index contributed by atoms with van der Waals surface area (Å²) in [7, 11) is 0. The number of alkyl halides is 4. The summed E-state index contributed by atoms with van der Waals surface area (Å²) in [6, 6.07) is 0. The second kappa shape index (κ2) is 5.14. The van der Waals surface area contributed by atoms with Crippen LogP contribution in [0.4, 0.5) is 13.2 Å². The van der Waals surface area contributed by atoms with Crippen LogP contribution >= 0.6 is 23.4 Å². The zero-order chi connectivity index (χ0) is 8.91. The fourth-order valence-corrected chi connectivity index (χ4v) is 1.25. The normalized spacial score (nSPS) is 15.0. The van der Waals surface area contributed by atoms with Gasteiger partial charge in [-0.2, -0.15) is 13.2 Å². The molecular weight excluding hydrogens is 197 g/mol. The Labute approximate surface area is 73.5 Å². The van der Waals surface area contributed by atoms with Crippen LogP contribution in [0.25, 0.3) is 0 Å². The molecule has 0 aliphatic heterocycles. The van der Waals surface area contributed by atoms with Crippen molar-refractivity contribution in [1.82, 2.24) is 0 Å². The van der Waals surface area contributed by atoms with Gasteiger partial charge in [0.15, 0.2) is 0 Å². The maximum Gasteiger partial charge on any atom is 0.441 e. The molecule has 0 aliphatic carbocycles. The minimum Gasteiger partial charge on any atom is -0.160 e. The van der Waals surface area contributed by atoms with Crippen molar-refractivity contribution >= 4 is 23.4 Å². The average Bonchev–Trinajstić information content (AvgIpc) is 1.78. The molecule has 0 aromatic heterocycles. The van der Waals surface area contributed by atoms with Gasteiger partial charge in [0.1, 0.15) is 0 Å². The Kier molecular flexibility index (Phi) is 5.34. The van der Waals surface area contributed by atoms with Gasteiger partial charge in [0.25, 0.3) is 0 Å². The standard InChI is InChI=1S/C6H10ClF3S/c1-5(7)3-2-4-11-6(8,9)10/h5H,2-4H2,1H3. The Bertz CT molecular complexity index is 102. The molecule has 0 saturated heterocycles. The lowest BCUT2D eigenvalue weighted by atomic mass is 10.3. The number of hydrogen-bond donors (Lipinski definition) is 0. The van der Waals surface area contributed by atoms with E-state index in [1.165, 1.54) is 0 Å². The van der Waals surface area contributed by atoms with Crippen LogP contribution in [-0.4, -0.2) is 16.6 Å². The number of hydrogen-bond acceptors (Lipinski definition) is 1. The van der Waals surface area contributed by atoms with Crippen molar-refractivity contribution in [3.63, 3.8) is 0 Å². The topological polar surface area (TPSA) is 0 Å². The van der Waals surface area contributed by atoms with Crippen molar-refractivity contribution in [2.24, 2.45) is 0 Å². The van der Waals surface area contributed by atoms with Crippen molar-refractivity contribution in [3.8, 4) is 0 Å². The third-order valence-electron chi connectivity index (χ3n) is 1.01. The van der Waals surface area contributed by atoms with Crippen LogP contribution in [0.1, 0.15) is 19.8 Å². The summed E-state index contributed by atoms with van der Waals surface area (Å²) in [6.07, 6.45) is 1.17. The van der Waals surface area contributed by atoms with Gasteiger partial charge in [-0.3, -0.25) is 0 Å². The monoisotopic (exact) mass is 206 g/mol. The molecule has 0 amide bonds. The predicted molar refractivity (Wildman–Crippen MR) is 43.1 cm³/mol. The van der Waals surface area contributed by atoms with Crippen molar-refractivity contribution < 1.29 is 13.2 Å². The van der Waals surface area contributed by atoms with Gasteiger partial charge in [-0.25, -0.2) is 0 Å². The van der Waals surface area contributed by atoms with Gasteiger partial charge in [0.2, 0.25) is 0 Å². The van der Waals surface area contributed by atoms with Gasteiger partial charge in [-0.1, -0.05) is 11.8 Å². The quantitative estimate of drug-likeness (QED) is 0.500. The Morgan fingerprint density at radius 3 is 2.36 bits per heavy atom. The molecule has 0 fully saturated rings. The Morgan fingerprint density at radius 1 is 1.45 bits per heavy atom. The van der Waals surface area contributed by atoms with Gasteiger partial charge in [-0.05, 0) is 19.8 Å². The molecular formula is C6H10ClF3S. The molecule has 0 N–H and O–H groups in total. The Morgan fingerprint density at radius 2 is 2.00 bits per heavy atom. The molecule has 0 aromatic rings. The molecule has 0 saturated carbocycles. The van der Waals surface area contributed by atoms with Crippen LogP contribution in [0.3, 0.4) is 0 Å². The first-order chi connectivity index (χ1) is 4.92. The summed E-state index contributed by atoms with van der Waals surface area (Å²) >= 11 is 5.55. The SMILES string of the molecule is CC(Cl)CCCSC(F)(F)F. The Balaban J connectivity index is 3.15. The molecule has 68 valence electrons. The van der Waals surface area contributed by atoms with E-state index in [1.54, 1.807) is 6.92 Å². The van der Waals surface area contributed by atoms with Crippen LogP contribution in [-0.2, 0) is 0 Å². The van der Waals surface area contributed by atoms with E-state index < -0.39 is 5.51 Å². The van der Waals surface area contributed by atoms with Crippen molar-refractivity contribution in [2.75, 3.05) is 5.75 Å². The van der Waals surface area contributed by atoms with E-state index in [9.17, 15) is 13.2 Å². The molecule has 0 spiro atoms. The molecule has 5 heteroatoms. The van der Waals surface area contributed by atoms with Crippen LogP contribution in [0, 0.1) is 0 Å². The second-order valence-electron chi connectivity index (χ2n) is 2.22. The highest BCUT2D eigenvalue weighted by molar-refractivity contribution is 8.00.